The van der Waals surface area contributed by atoms with E-state index in [9.17, 15) is 17.6 Å². The van der Waals surface area contributed by atoms with Crippen molar-refractivity contribution in [1.82, 2.24) is 0 Å². The molecule has 106 valence electrons. The Labute approximate surface area is 117 Å². The lowest BCUT2D eigenvalue weighted by molar-refractivity contribution is -0.139. The molecule has 20 heavy (non-hydrogen) atoms. The number of alkyl halides is 3. The number of anilines is 3. The van der Waals surface area contributed by atoms with Crippen LogP contribution in [0.4, 0.5) is 34.6 Å². The first-order chi connectivity index (χ1) is 9.29. The van der Waals surface area contributed by atoms with Crippen molar-refractivity contribution in [2.24, 2.45) is 0 Å². The molecule has 7 heteroatoms. The normalized spacial score (nSPS) is 11.4. The topological polar surface area (TPSA) is 38.0 Å². The molecule has 0 saturated heterocycles. The van der Waals surface area contributed by atoms with Gasteiger partial charge in [0.15, 0.2) is 0 Å². The van der Waals surface area contributed by atoms with Crippen molar-refractivity contribution in [3.63, 3.8) is 0 Å². The molecular weight excluding hydrogens is 296 g/mol. The summed E-state index contributed by atoms with van der Waals surface area (Å²) in [5, 5.41) is 2.95. The van der Waals surface area contributed by atoms with Gasteiger partial charge in [-0.15, -0.1) is 0 Å². The molecule has 2 rings (SSSR count). The lowest BCUT2D eigenvalue weighted by atomic mass is 10.1. The van der Waals surface area contributed by atoms with E-state index >= 15 is 0 Å². The minimum Gasteiger partial charge on any atom is -0.396 e. The Hall–Kier alpha value is -1.95. The first kappa shape index (κ1) is 14.5. The molecular formula is C13H9ClF4N2. The molecule has 2 aromatic rings. The van der Waals surface area contributed by atoms with Crippen molar-refractivity contribution in [1.29, 1.82) is 0 Å². The third-order valence-corrected chi connectivity index (χ3v) is 2.93. The number of rotatable bonds is 2. The molecule has 2 nitrogen and oxygen atoms in total. The molecule has 0 aliphatic heterocycles. The SMILES string of the molecule is Nc1c(Cl)cccc1Nc1ccc(F)c(C(F)(F)F)c1. The quantitative estimate of drug-likeness (QED) is 0.616. The molecule has 0 atom stereocenters. The van der Waals surface area contributed by atoms with Crippen molar-refractivity contribution in [2.75, 3.05) is 11.1 Å². The van der Waals surface area contributed by atoms with Gasteiger partial charge in [-0.25, -0.2) is 4.39 Å². The van der Waals surface area contributed by atoms with Crippen LogP contribution >= 0.6 is 11.6 Å². The standard InChI is InChI=1S/C13H9ClF4N2/c14-9-2-1-3-11(12(9)19)20-7-4-5-10(15)8(6-7)13(16,17)18/h1-6,20H,19H2. The molecule has 0 aliphatic rings. The summed E-state index contributed by atoms with van der Waals surface area (Å²) in [5.74, 6) is -1.33. The van der Waals surface area contributed by atoms with Crippen LogP contribution in [0.2, 0.25) is 5.02 Å². The largest absolute Gasteiger partial charge is 0.419 e. The lowest BCUT2D eigenvalue weighted by Gasteiger charge is -2.13. The van der Waals surface area contributed by atoms with E-state index in [4.69, 9.17) is 17.3 Å². The van der Waals surface area contributed by atoms with Gasteiger partial charge in [0.2, 0.25) is 0 Å². The molecule has 0 aromatic heterocycles. The van der Waals surface area contributed by atoms with Crippen LogP contribution in [0.5, 0.6) is 0 Å². The van der Waals surface area contributed by atoms with Gasteiger partial charge in [-0.2, -0.15) is 13.2 Å². The monoisotopic (exact) mass is 304 g/mol. The average molecular weight is 305 g/mol. The predicted octanol–water partition coefficient (Wildman–Crippen LogP) is 4.82. The first-order valence-electron chi connectivity index (χ1n) is 5.47. The highest BCUT2D eigenvalue weighted by atomic mass is 35.5. The second kappa shape index (κ2) is 5.20. The van der Waals surface area contributed by atoms with Crippen LogP contribution in [0.25, 0.3) is 0 Å². The van der Waals surface area contributed by atoms with Gasteiger partial charge in [0.1, 0.15) is 5.82 Å². The van der Waals surface area contributed by atoms with Gasteiger partial charge < -0.3 is 11.1 Å². The van der Waals surface area contributed by atoms with Crippen LogP contribution in [0.1, 0.15) is 5.56 Å². The molecule has 0 spiro atoms. The number of nitrogens with two attached hydrogens (primary N) is 1. The van der Waals surface area contributed by atoms with Crippen LogP contribution in [0, 0.1) is 5.82 Å². The van der Waals surface area contributed by atoms with E-state index in [0.717, 1.165) is 6.07 Å². The maximum Gasteiger partial charge on any atom is 0.419 e. The highest BCUT2D eigenvalue weighted by Gasteiger charge is 2.34. The zero-order chi connectivity index (χ0) is 14.9. The number of halogens is 5. The highest BCUT2D eigenvalue weighted by molar-refractivity contribution is 6.33. The number of nitrogen functional groups attached to an aromatic ring is 1. The summed E-state index contributed by atoms with van der Waals surface area (Å²) in [6, 6.07) is 7.30. The Morgan fingerprint density at radius 1 is 1.10 bits per heavy atom. The van der Waals surface area contributed by atoms with Gasteiger partial charge in [-0.3, -0.25) is 0 Å². The fourth-order valence-electron chi connectivity index (χ4n) is 1.62. The van der Waals surface area contributed by atoms with Gasteiger partial charge >= 0.3 is 6.18 Å². The highest BCUT2D eigenvalue weighted by Crippen LogP contribution is 2.35. The van der Waals surface area contributed by atoms with E-state index in [0.29, 0.717) is 11.8 Å². The van der Waals surface area contributed by atoms with E-state index in [1.54, 1.807) is 18.2 Å². The Kier molecular flexibility index (Phi) is 3.76. The molecule has 2 aromatic carbocycles. The van der Waals surface area contributed by atoms with Gasteiger partial charge in [-0.1, -0.05) is 17.7 Å². The van der Waals surface area contributed by atoms with Crippen LogP contribution in [0.15, 0.2) is 36.4 Å². The average Bonchev–Trinajstić information content (AvgIpc) is 2.36. The van der Waals surface area contributed by atoms with Crippen molar-refractivity contribution < 1.29 is 17.6 Å². The fraction of sp³-hybridized carbons (Fsp3) is 0.0769. The van der Waals surface area contributed by atoms with Crippen molar-refractivity contribution in [2.45, 2.75) is 6.18 Å². The third kappa shape index (κ3) is 2.96. The number of hydrogen-bond donors (Lipinski definition) is 2. The van der Waals surface area contributed by atoms with Gasteiger partial charge in [0.05, 0.1) is 22.0 Å². The van der Waals surface area contributed by atoms with Crippen LogP contribution in [0.3, 0.4) is 0 Å². The van der Waals surface area contributed by atoms with E-state index in [2.05, 4.69) is 5.32 Å². The molecule has 0 saturated carbocycles. The first-order valence-corrected chi connectivity index (χ1v) is 5.84. The molecule has 0 amide bonds. The minimum absolute atomic E-state index is 0.0627. The maximum atomic E-state index is 13.2. The Morgan fingerprint density at radius 3 is 2.45 bits per heavy atom. The van der Waals surface area contributed by atoms with E-state index < -0.39 is 17.6 Å². The maximum absolute atomic E-state index is 13.2. The molecule has 0 heterocycles. The number of nitrogens with one attached hydrogen (secondary N) is 1. The van der Waals surface area contributed by atoms with Crippen LogP contribution < -0.4 is 11.1 Å². The predicted molar refractivity (Wildman–Crippen MR) is 70.5 cm³/mol. The zero-order valence-electron chi connectivity index (χ0n) is 9.93. The summed E-state index contributed by atoms with van der Waals surface area (Å²) >= 11 is 5.80. The van der Waals surface area contributed by atoms with E-state index in [1.165, 1.54) is 6.07 Å². The van der Waals surface area contributed by atoms with E-state index in [1.807, 2.05) is 0 Å². The summed E-state index contributed by atoms with van der Waals surface area (Å²) in [6.07, 6.45) is -4.76. The Balaban J connectivity index is 2.38. The molecule has 0 radical (unpaired) electrons. The second-order valence-corrected chi connectivity index (χ2v) is 4.43. The van der Waals surface area contributed by atoms with Crippen molar-refractivity contribution >= 4 is 28.7 Å². The molecule has 0 bridgehead atoms. The molecule has 0 fully saturated rings. The molecule has 0 unspecified atom stereocenters. The summed E-state index contributed by atoms with van der Waals surface area (Å²) in [4.78, 5) is 0. The van der Waals surface area contributed by atoms with Crippen LogP contribution in [-0.4, -0.2) is 0 Å². The van der Waals surface area contributed by atoms with Crippen molar-refractivity contribution in [3.8, 4) is 0 Å². The number of hydrogen-bond acceptors (Lipinski definition) is 2. The zero-order valence-corrected chi connectivity index (χ0v) is 10.7. The van der Waals surface area contributed by atoms with E-state index in [-0.39, 0.29) is 16.4 Å². The minimum atomic E-state index is -4.76. The third-order valence-electron chi connectivity index (χ3n) is 2.60. The van der Waals surface area contributed by atoms with Crippen molar-refractivity contribution in [3.05, 3.63) is 52.8 Å². The smallest absolute Gasteiger partial charge is 0.396 e. The lowest BCUT2D eigenvalue weighted by Crippen LogP contribution is -2.08. The summed E-state index contributed by atoms with van der Waals surface area (Å²) in [5.41, 5.74) is 4.96. The van der Waals surface area contributed by atoms with Gasteiger partial charge in [0.25, 0.3) is 0 Å². The van der Waals surface area contributed by atoms with Gasteiger partial charge in [-0.05, 0) is 30.3 Å². The summed E-state index contributed by atoms with van der Waals surface area (Å²) in [7, 11) is 0. The fourth-order valence-corrected chi connectivity index (χ4v) is 1.80. The molecule has 3 N–H and O–H groups in total. The summed E-state index contributed by atoms with van der Waals surface area (Å²) < 4.78 is 50.9. The number of para-hydroxylation sites is 1. The van der Waals surface area contributed by atoms with Crippen LogP contribution in [-0.2, 0) is 6.18 Å². The van der Waals surface area contributed by atoms with Gasteiger partial charge in [0, 0.05) is 5.69 Å². The number of benzene rings is 2. The molecule has 0 aliphatic carbocycles. The second-order valence-electron chi connectivity index (χ2n) is 4.02. The summed E-state index contributed by atoms with van der Waals surface area (Å²) in [6.45, 7) is 0. The Morgan fingerprint density at radius 2 is 1.80 bits per heavy atom. The Bertz CT molecular complexity index is 641.